The summed E-state index contributed by atoms with van der Waals surface area (Å²) in [5.74, 6) is -0.340. The number of ketones is 1. The molecule has 0 spiro atoms. The fourth-order valence-corrected chi connectivity index (χ4v) is 3.70. The average Bonchev–Trinajstić information content (AvgIpc) is 3.16. The molecule has 0 amide bonds. The van der Waals surface area contributed by atoms with Crippen molar-refractivity contribution >= 4 is 21.6 Å². The van der Waals surface area contributed by atoms with Crippen molar-refractivity contribution in [3.63, 3.8) is 0 Å². The maximum Gasteiger partial charge on any atom is 0.263 e. The number of benzene rings is 2. The molecule has 1 aromatic heterocycles. The molecule has 1 aliphatic heterocycles. The molecular weight excluding hydrogens is 387 g/mol. The van der Waals surface area contributed by atoms with Gasteiger partial charge >= 0.3 is 0 Å². The highest BCUT2D eigenvalue weighted by Crippen LogP contribution is 2.34. The summed E-state index contributed by atoms with van der Waals surface area (Å²) < 4.78 is 51.3. The van der Waals surface area contributed by atoms with Gasteiger partial charge in [0.15, 0.2) is 23.1 Å². The quantitative estimate of drug-likeness (QED) is 0.662. The molecule has 7 nitrogen and oxygen atoms in total. The number of sulfonamides is 1. The molecule has 3 aromatic rings. The monoisotopic (exact) mass is 400 g/mol. The molecule has 4 rings (SSSR count). The van der Waals surface area contributed by atoms with Crippen molar-refractivity contribution in [1.82, 2.24) is 4.98 Å². The summed E-state index contributed by atoms with van der Waals surface area (Å²) in [5.41, 5.74) is 0.247. The standard InChI is InChI=1S/C19H13FN2O5S/c20-13-5-3-12(4-6-13)18(23)15-2-1-9-21-19(15)22-28(24,25)14-7-8-16-17(10-14)27-11-26-16/h1-10H,11H2,(H,21,22). The highest BCUT2D eigenvalue weighted by Gasteiger charge is 2.23. The summed E-state index contributed by atoms with van der Waals surface area (Å²) >= 11 is 0. The van der Waals surface area contributed by atoms with Crippen LogP contribution in [-0.4, -0.2) is 26.0 Å². The van der Waals surface area contributed by atoms with E-state index in [2.05, 4.69) is 9.71 Å². The fourth-order valence-electron chi connectivity index (χ4n) is 2.66. The van der Waals surface area contributed by atoms with E-state index in [0.717, 1.165) is 12.1 Å². The van der Waals surface area contributed by atoms with Gasteiger partial charge in [-0.15, -0.1) is 0 Å². The molecule has 0 unspecified atom stereocenters. The van der Waals surface area contributed by atoms with E-state index in [-0.39, 0.29) is 28.6 Å². The van der Waals surface area contributed by atoms with Crippen LogP contribution in [0.25, 0.3) is 0 Å². The second kappa shape index (κ2) is 6.93. The van der Waals surface area contributed by atoms with Crippen LogP contribution < -0.4 is 14.2 Å². The molecule has 0 radical (unpaired) electrons. The van der Waals surface area contributed by atoms with Crippen LogP contribution >= 0.6 is 0 Å². The van der Waals surface area contributed by atoms with E-state index in [1.807, 2.05) is 0 Å². The third-order valence-corrected chi connectivity index (χ3v) is 5.38. The first kappa shape index (κ1) is 17.9. The third kappa shape index (κ3) is 3.39. The van der Waals surface area contributed by atoms with Crippen molar-refractivity contribution in [3.05, 3.63) is 77.7 Å². The van der Waals surface area contributed by atoms with E-state index in [0.29, 0.717) is 11.5 Å². The maximum absolute atomic E-state index is 13.1. The minimum Gasteiger partial charge on any atom is -0.454 e. The Balaban J connectivity index is 1.67. The lowest BCUT2D eigenvalue weighted by Crippen LogP contribution is -2.17. The van der Waals surface area contributed by atoms with Crippen LogP contribution in [0.2, 0.25) is 0 Å². The van der Waals surface area contributed by atoms with Crippen molar-refractivity contribution < 1.29 is 27.1 Å². The van der Waals surface area contributed by atoms with Gasteiger partial charge in [0.05, 0.1) is 10.5 Å². The van der Waals surface area contributed by atoms with Crippen LogP contribution in [0.5, 0.6) is 11.5 Å². The van der Waals surface area contributed by atoms with Crippen molar-refractivity contribution in [1.29, 1.82) is 0 Å². The number of ether oxygens (including phenoxy) is 2. The molecule has 0 fully saturated rings. The molecule has 9 heteroatoms. The highest BCUT2D eigenvalue weighted by atomic mass is 32.2. The minimum atomic E-state index is -4.04. The number of anilines is 1. The first-order valence-corrected chi connectivity index (χ1v) is 9.60. The van der Waals surface area contributed by atoms with Gasteiger partial charge in [0.1, 0.15) is 5.82 Å². The number of pyridine rings is 1. The molecule has 0 saturated carbocycles. The number of carbonyl (C=O) groups excluding carboxylic acids is 1. The van der Waals surface area contributed by atoms with E-state index in [4.69, 9.17) is 9.47 Å². The summed E-state index contributed by atoms with van der Waals surface area (Å²) in [6.45, 7) is 0.0167. The van der Waals surface area contributed by atoms with Gasteiger partial charge in [0, 0.05) is 17.8 Å². The lowest BCUT2D eigenvalue weighted by Gasteiger charge is -2.11. The molecule has 0 saturated heterocycles. The Morgan fingerprint density at radius 2 is 1.79 bits per heavy atom. The SMILES string of the molecule is O=C(c1ccc(F)cc1)c1cccnc1NS(=O)(=O)c1ccc2c(c1)OCO2. The normalized spacial score (nSPS) is 12.6. The van der Waals surface area contributed by atoms with Crippen LogP contribution in [0, 0.1) is 5.82 Å². The molecule has 1 aliphatic rings. The largest absolute Gasteiger partial charge is 0.454 e. The van der Waals surface area contributed by atoms with E-state index >= 15 is 0 Å². The topological polar surface area (TPSA) is 94.6 Å². The van der Waals surface area contributed by atoms with Crippen LogP contribution in [-0.2, 0) is 10.0 Å². The Morgan fingerprint density at radius 3 is 2.57 bits per heavy atom. The molecular formula is C19H13FN2O5S. The number of fused-ring (bicyclic) bond motifs is 1. The van der Waals surface area contributed by atoms with Crippen molar-refractivity contribution in [2.24, 2.45) is 0 Å². The summed E-state index contributed by atoms with van der Waals surface area (Å²) in [6, 6.07) is 12.1. The number of nitrogens with one attached hydrogen (secondary N) is 1. The second-order valence-electron chi connectivity index (χ2n) is 5.86. The van der Waals surface area contributed by atoms with Crippen LogP contribution in [0.4, 0.5) is 10.2 Å². The van der Waals surface area contributed by atoms with Crippen LogP contribution in [0.1, 0.15) is 15.9 Å². The molecule has 2 heterocycles. The van der Waals surface area contributed by atoms with Gasteiger partial charge in [0.2, 0.25) is 6.79 Å². The molecule has 1 N–H and O–H groups in total. The zero-order valence-electron chi connectivity index (χ0n) is 14.3. The van der Waals surface area contributed by atoms with Crippen molar-refractivity contribution in [2.45, 2.75) is 4.90 Å². The van der Waals surface area contributed by atoms with E-state index in [1.54, 1.807) is 0 Å². The maximum atomic E-state index is 13.1. The molecule has 28 heavy (non-hydrogen) atoms. The predicted molar refractivity (Wildman–Crippen MR) is 97.4 cm³/mol. The van der Waals surface area contributed by atoms with Gasteiger partial charge in [-0.05, 0) is 48.5 Å². The summed E-state index contributed by atoms with van der Waals surface area (Å²) in [4.78, 5) is 16.6. The summed E-state index contributed by atoms with van der Waals surface area (Å²) in [6.07, 6.45) is 1.36. The van der Waals surface area contributed by atoms with Crippen molar-refractivity contribution in [3.8, 4) is 11.5 Å². The van der Waals surface area contributed by atoms with Crippen LogP contribution in [0.15, 0.2) is 65.7 Å². The van der Waals surface area contributed by atoms with Gasteiger partial charge in [-0.2, -0.15) is 0 Å². The van der Waals surface area contributed by atoms with E-state index in [1.165, 1.54) is 48.7 Å². The number of nitrogens with zero attached hydrogens (tertiary/aromatic N) is 1. The smallest absolute Gasteiger partial charge is 0.263 e. The van der Waals surface area contributed by atoms with Crippen LogP contribution in [0.3, 0.4) is 0 Å². The first-order chi connectivity index (χ1) is 13.4. The second-order valence-corrected chi connectivity index (χ2v) is 7.54. The van der Waals surface area contributed by atoms with Gasteiger partial charge in [-0.1, -0.05) is 0 Å². The number of aromatic nitrogens is 1. The highest BCUT2D eigenvalue weighted by molar-refractivity contribution is 7.92. The molecule has 142 valence electrons. The predicted octanol–water partition coefficient (Wildman–Crippen LogP) is 2.98. The number of halogens is 1. The Morgan fingerprint density at radius 1 is 1.04 bits per heavy atom. The lowest BCUT2D eigenvalue weighted by molar-refractivity contribution is 0.103. The Bertz CT molecular complexity index is 1160. The van der Waals surface area contributed by atoms with E-state index < -0.39 is 21.6 Å². The van der Waals surface area contributed by atoms with Gasteiger partial charge in [-0.25, -0.2) is 17.8 Å². The van der Waals surface area contributed by atoms with Crippen molar-refractivity contribution in [2.75, 3.05) is 11.5 Å². The molecule has 0 aliphatic carbocycles. The first-order valence-electron chi connectivity index (χ1n) is 8.12. The number of hydrogen-bond acceptors (Lipinski definition) is 6. The number of rotatable bonds is 5. The van der Waals surface area contributed by atoms with Gasteiger partial charge in [0.25, 0.3) is 10.0 Å². The summed E-state index contributed by atoms with van der Waals surface area (Å²) in [5, 5.41) is 0. The fraction of sp³-hybridized carbons (Fsp3) is 0.0526. The molecule has 0 bridgehead atoms. The number of hydrogen-bond donors (Lipinski definition) is 1. The average molecular weight is 400 g/mol. The zero-order chi connectivity index (χ0) is 19.7. The Labute approximate surface area is 159 Å². The zero-order valence-corrected chi connectivity index (χ0v) is 15.1. The van der Waals surface area contributed by atoms with Gasteiger partial charge in [-0.3, -0.25) is 9.52 Å². The van der Waals surface area contributed by atoms with Gasteiger partial charge < -0.3 is 9.47 Å². The Hall–Kier alpha value is -3.46. The minimum absolute atomic E-state index is 0.0167. The van der Waals surface area contributed by atoms with E-state index in [9.17, 15) is 17.6 Å². The Kier molecular flexibility index (Phi) is 4.44. The molecule has 0 atom stereocenters. The lowest BCUT2D eigenvalue weighted by atomic mass is 10.0. The molecule has 2 aromatic carbocycles. The summed E-state index contributed by atoms with van der Waals surface area (Å²) in [7, 11) is -4.04. The third-order valence-electron chi connectivity index (χ3n) is 4.04. The number of carbonyl (C=O) groups is 1.